The summed E-state index contributed by atoms with van der Waals surface area (Å²) in [7, 11) is 0. The zero-order valence-electron chi connectivity index (χ0n) is 17.2. The zero-order chi connectivity index (χ0) is 21.7. The third-order valence-corrected chi connectivity index (χ3v) is 5.57. The van der Waals surface area contributed by atoms with Gasteiger partial charge in [0.1, 0.15) is 24.0 Å². The number of halogens is 1. The average molecular weight is 430 g/mol. The maximum absolute atomic E-state index is 13.8. The number of hydrogen-bond donors (Lipinski definition) is 3. The second kappa shape index (κ2) is 7.27. The minimum atomic E-state index is -0.315. The zero-order valence-corrected chi connectivity index (χ0v) is 17.2. The molecular formula is C22H21FN9+. The van der Waals surface area contributed by atoms with E-state index >= 15 is 0 Å². The molecule has 3 aromatic heterocycles. The summed E-state index contributed by atoms with van der Waals surface area (Å²) < 4.78 is 15.6. The van der Waals surface area contributed by atoms with Gasteiger partial charge in [0, 0.05) is 0 Å². The fourth-order valence-electron chi connectivity index (χ4n) is 3.96. The molecule has 2 aromatic carbocycles. The maximum atomic E-state index is 13.8. The number of aromatic nitrogens is 6. The lowest BCUT2D eigenvalue weighted by atomic mass is 10.1. The van der Waals surface area contributed by atoms with Crippen LogP contribution in [0.3, 0.4) is 0 Å². The first-order valence-corrected chi connectivity index (χ1v) is 10.4. The monoisotopic (exact) mass is 430 g/mol. The van der Waals surface area contributed by atoms with Crippen LogP contribution in [0, 0.1) is 5.82 Å². The SMILES string of the molecule is [NH3+]C1CN(c2nc(NCc3nc4ccccc4[nH]3)c3ncn(-c4cccc(F)c4)c3n2)C1. The quantitative estimate of drug-likeness (QED) is 0.392. The lowest BCUT2D eigenvalue weighted by Crippen LogP contribution is -2.76. The van der Waals surface area contributed by atoms with Gasteiger partial charge in [-0.15, -0.1) is 0 Å². The van der Waals surface area contributed by atoms with Crippen LogP contribution in [0.25, 0.3) is 27.9 Å². The van der Waals surface area contributed by atoms with E-state index in [9.17, 15) is 4.39 Å². The lowest BCUT2D eigenvalue weighted by molar-refractivity contribution is -0.424. The molecule has 0 unspecified atom stereocenters. The highest BCUT2D eigenvalue weighted by molar-refractivity contribution is 5.85. The molecule has 6 rings (SSSR count). The molecule has 1 aliphatic heterocycles. The largest absolute Gasteiger partial charge is 0.361 e. The third kappa shape index (κ3) is 3.21. The van der Waals surface area contributed by atoms with Crippen molar-refractivity contribution in [1.82, 2.24) is 29.5 Å². The highest BCUT2D eigenvalue weighted by Gasteiger charge is 2.30. The second-order valence-corrected chi connectivity index (χ2v) is 7.96. The first-order chi connectivity index (χ1) is 15.6. The Hall–Kier alpha value is -4.05. The molecule has 9 nitrogen and oxygen atoms in total. The molecule has 0 amide bonds. The molecule has 32 heavy (non-hydrogen) atoms. The van der Waals surface area contributed by atoms with E-state index < -0.39 is 0 Å². The topological polar surface area (TPSA) is 115 Å². The fourth-order valence-corrected chi connectivity index (χ4v) is 3.96. The van der Waals surface area contributed by atoms with Crippen LogP contribution in [-0.2, 0) is 6.54 Å². The Balaban J connectivity index is 1.40. The van der Waals surface area contributed by atoms with Crippen LogP contribution in [0.15, 0.2) is 54.9 Å². The molecular weight excluding hydrogens is 409 g/mol. The summed E-state index contributed by atoms with van der Waals surface area (Å²) in [6.07, 6.45) is 1.64. The summed E-state index contributed by atoms with van der Waals surface area (Å²) in [5.41, 5.74) is 7.85. The number of fused-ring (bicyclic) bond motifs is 2. The van der Waals surface area contributed by atoms with E-state index in [2.05, 4.69) is 30.9 Å². The third-order valence-electron chi connectivity index (χ3n) is 5.57. The molecule has 1 fully saturated rings. The van der Waals surface area contributed by atoms with E-state index in [0.29, 0.717) is 41.2 Å². The van der Waals surface area contributed by atoms with Gasteiger partial charge in [0.05, 0.1) is 36.4 Å². The first kappa shape index (κ1) is 18.7. The Morgan fingerprint density at radius 3 is 2.78 bits per heavy atom. The van der Waals surface area contributed by atoms with Crippen LogP contribution in [-0.4, -0.2) is 48.6 Å². The van der Waals surface area contributed by atoms with E-state index in [4.69, 9.17) is 9.97 Å². The van der Waals surface area contributed by atoms with E-state index in [1.807, 2.05) is 30.3 Å². The minimum Gasteiger partial charge on any atom is -0.361 e. The van der Waals surface area contributed by atoms with Crippen LogP contribution < -0.4 is 16.0 Å². The Morgan fingerprint density at radius 2 is 1.97 bits per heavy atom. The molecule has 0 spiro atoms. The molecule has 0 atom stereocenters. The average Bonchev–Trinajstić information content (AvgIpc) is 3.39. The molecule has 1 aliphatic rings. The predicted molar refractivity (Wildman–Crippen MR) is 119 cm³/mol. The van der Waals surface area contributed by atoms with Crippen molar-refractivity contribution in [3.05, 3.63) is 66.5 Å². The van der Waals surface area contributed by atoms with Crippen LogP contribution in [0.5, 0.6) is 0 Å². The number of hydrogen-bond acceptors (Lipinski definition) is 6. The molecule has 160 valence electrons. The van der Waals surface area contributed by atoms with Gasteiger partial charge in [-0.3, -0.25) is 4.57 Å². The van der Waals surface area contributed by atoms with E-state index in [1.54, 1.807) is 17.0 Å². The molecule has 0 bridgehead atoms. The number of aromatic amines is 1. The van der Waals surface area contributed by atoms with Gasteiger partial charge in [-0.25, -0.2) is 14.4 Å². The van der Waals surface area contributed by atoms with Gasteiger partial charge in [-0.05, 0) is 30.3 Å². The number of anilines is 2. The smallest absolute Gasteiger partial charge is 0.229 e. The number of para-hydroxylation sites is 2. The molecule has 0 aliphatic carbocycles. The summed E-state index contributed by atoms with van der Waals surface area (Å²) in [4.78, 5) is 24.0. The van der Waals surface area contributed by atoms with Crippen molar-refractivity contribution in [3.8, 4) is 5.69 Å². The van der Waals surface area contributed by atoms with E-state index in [1.165, 1.54) is 12.1 Å². The Kier molecular flexibility index (Phi) is 4.25. The highest BCUT2D eigenvalue weighted by Crippen LogP contribution is 2.27. The first-order valence-electron chi connectivity index (χ1n) is 10.4. The molecule has 5 aromatic rings. The number of nitrogens with one attached hydrogen (secondary N) is 2. The van der Waals surface area contributed by atoms with Gasteiger partial charge in [0.2, 0.25) is 5.95 Å². The normalized spacial score (nSPS) is 14.2. The summed E-state index contributed by atoms with van der Waals surface area (Å²) >= 11 is 0. The number of imidazole rings is 2. The minimum absolute atomic E-state index is 0.315. The highest BCUT2D eigenvalue weighted by atomic mass is 19.1. The summed E-state index contributed by atoms with van der Waals surface area (Å²) in [5.74, 6) is 1.69. The van der Waals surface area contributed by atoms with Crippen LogP contribution in [0.2, 0.25) is 0 Å². The molecule has 10 heteroatoms. The van der Waals surface area contributed by atoms with Crippen molar-refractivity contribution < 1.29 is 10.1 Å². The van der Waals surface area contributed by atoms with Gasteiger partial charge >= 0.3 is 0 Å². The van der Waals surface area contributed by atoms with E-state index in [0.717, 1.165) is 29.9 Å². The van der Waals surface area contributed by atoms with Crippen LogP contribution in [0.1, 0.15) is 5.82 Å². The van der Waals surface area contributed by atoms with Gasteiger partial charge in [-0.2, -0.15) is 9.97 Å². The predicted octanol–water partition coefficient (Wildman–Crippen LogP) is 1.87. The van der Waals surface area contributed by atoms with Crippen molar-refractivity contribution >= 4 is 34.0 Å². The summed E-state index contributed by atoms with van der Waals surface area (Å²) in [5, 5.41) is 3.36. The van der Waals surface area contributed by atoms with E-state index in [-0.39, 0.29) is 5.82 Å². The van der Waals surface area contributed by atoms with Gasteiger partial charge in [0.25, 0.3) is 0 Å². The number of H-pyrrole nitrogens is 1. The standard InChI is InChI=1S/C22H20FN9/c23-13-4-3-5-15(8-13)32-12-26-19-20(29-22(30-21(19)32)31-10-14(24)11-31)25-9-18-27-16-6-1-2-7-17(16)28-18/h1-8,12,14H,9-11,24H2,(H,27,28)(H,25,29,30)/p+1. The van der Waals surface area contributed by atoms with Crippen molar-refractivity contribution in [2.24, 2.45) is 0 Å². The fraction of sp³-hybridized carbons (Fsp3) is 0.182. The van der Waals surface area contributed by atoms with Crippen molar-refractivity contribution in [3.63, 3.8) is 0 Å². The van der Waals surface area contributed by atoms with Gasteiger partial charge in [-0.1, -0.05) is 18.2 Å². The number of nitrogens with zero attached hydrogens (tertiary/aromatic N) is 6. The number of quaternary nitrogens is 1. The molecule has 0 saturated carbocycles. The number of rotatable bonds is 5. The second-order valence-electron chi connectivity index (χ2n) is 7.96. The van der Waals surface area contributed by atoms with Gasteiger partial charge in [0.15, 0.2) is 17.0 Å². The molecule has 4 heterocycles. The Morgan fingerprint density at radius 1 is 1.09 bits per heavy atom. The van der Waals surface area contributed by atoms with Crippen LogP contribution >= 0.6 is 0 Å². The summed E-state index contributed by atoms with van der Waals surface area (Å²) in [6.45, 7) is 2.04. The van der Waals surface area contributed by atoms with Crippen LogP contribution in [0.4, 0.5) is 16.2 Å². The molecule has 0 radical (unpaired) electrons. The Bertz CT molecular complexity index is 1400. The summed E-state index contributed by atoms with van der Waals surface area (Å²) in [6, 6.07) is 14.6. The lowest BCUT2D eigenvalue weighted by Gasteiger charge is -2.34. The molecule has 5 N–H and O–H groups in total. The van der Waals surface area contributed by atoms with Gasteiger partial charge < -0.3 is 20.9 Å². The Labute approximate surface area is 182 Å². The van der Waals surface area contributed by atoms with Crippen molar-refractivity contribution in [2.45, 2.75) is 12.6 Å². The maximum Gasteiger partial charge on any atom is 0.229 e. The number of benzene rings is 2. The molecule has 1 saturated heterocycles. The van der Waals surface area contributed by atoms with Crippen molar-refractivity contribution in [2.75, 3.05) is 23.3 Å². The van der Waals surface area contributed by atoms with Crippen molar-refractivity contribution in [1.29, 1.82) is 0 Å².